The van der Waals surface area contributed by atoms with E-state index in [4.69, 9.17) is 16.2 Å². The van der Waals surface area contributed by atoms with E-state index in [1.807, 2.05) is 24.3 Å². The van der Waals surface area contributed by atoms with Crippen LogP contribution in [0.2, 0.25) is 0 Å². The Kier molecular flexibility index (Phi) is 2.83. The van der Waals surface area contributed by atoms with Gasteiger partial charge in [-0.3, -0.25) is 4.98 Å². The highest BCUT2D eigenvalue weighted by atomic mass is 16.5. The highest BCUT2D eigenvalue weighted by Crippen LogP contribution is 2.31. The zero-order chi connectivity index (χ0) is 14.1. The van der Waals surface area contributed by atoms with Crippen LogP contribution < -0.4 is 16.2 Å². The summed E-state index contributed by atoms with van der Waals surface area (Å²) in [5.74, 6) is 0.935. The lowest BCUT2D eigenvalue weighted by atomic mass is 10.0. The van der Waals surface area contributed by atoms with Gasteiger partial charge in [0.05, 0.1) is 30.2 Å². The maximum atomic E-state index is 5.94. The van der Waals surface area contributed by atoms with Crippen molar-refractivity contribution >= 4 is 22.5 Å². The van der Waals surface area contributed by atoms with Gasteiger partial charge in [-0.15, -0.1) is 0 Å². The average Bonchev–Trinajstić information content (AvgIpc) is 2.48. The Morgan fingerprint density at radius 2 is 1.95 bits per heavy atom. The molecule has 0 aliphatic heterocycles. The molecule has 2 heterocycles. The van der Waals surface area contributed by atoms with Gasteiger partial charge < -0.3 is 16.2 Å². The number of benzene rings is 1. The molecule has 0 amide bonds. The third kappa shape index (κ3) is 1.97. The van der Waals surface area contributed by atoms with E-state index in [0.717, 1.165) is 22.2 Å². The van der Waals surface area contributed by atoms with Crippen LogP contribution in [0.1, 0.15) is 0 Å². The zero-order valence-electron chi connectivity index (χ0n) is 10.9. The number of anilines is 2. The number of nitrogens with zero attached hydrogens (tertiary/aromatic N) is 3. The summed E-state index contributed by atoms with van der Waals surface area (Å²) in [6.07, 6.45) is 3.21. The lowest BCUT2D eigenvalue weighted by Crippen LogP contribution is -2.01. The molecule has 0 spiro atoms. The Hall–Kier alpha value is -2.89. The first-order valence-corrected chi connectivity index (χ1v) is 6.00. The smallest absolute Gasteiger partial charge is 0.220 e. The van der Waals surface area contributed by atoms with Crippen LogP contribution in [-0.2, 0) is 0 Å². The van der Waals surface area contributed by atoms with Crippen molar-refractivity contribution in [2.75, 3.05) is 18.6 Å². The van der Waals surface area contributed by atoms with Gasteiger partial charge in [-0.25, -0.2) is 9.97 Å². The quantitative estimate of drug-likeness (QED) is 0.735. The molecule has 1 aromatic carbocycles. The molecule has 0 saturated carbocycles. The van der Waals surface area contributed by atoms with Crippen molar-refractivity contribution in [3.05, 3.63) is 36.7 Å². The summed E-state index contributed by atoms with van der Waals surface area (Å²) in [4.78, 5) is 12.4. The van der Waals surface area contributed by atoms with E-state index in [0.29, 0.717) is 11.4 Å². The van der Waals surface area contributed by atoms with Crippen LogP contribution >= 0.6 is 0 Å². The SMILES string of the molecule is COc1ccc2c(-c3nc(N)ncc3N)ccnc2c1. The molecule has 6 heteroatoms. The first-order chi connectivity index (χ1) is 9.69. The number of nitrogen functional groups attached to an aromatic ring is 2. The van der Waals surface area contributed by atoms with Gasteiger partial charge in [0.1, 0.15) is 5.75 Å². The molecule has 0 fully saturated rings. The van der Waals surface area contributed by atoms with Crippen LogP contribution in [0.4, 0.5) is 11.6 Å². The van der Waals surface area contributed by atoms with E-state index in [1.165, 1.54) is 6.20 Å². The largest absolute Gasteiger partial charge is 0.497 e. The predicted octanol–water partition coefficient (Wildman–Crippen LogP) is 1.86. The molecule has 20 heavy (non-hydrogen) atoms. The number of hydrogen-bond donors (Lipinski definition) is 2. The Morgan fingerprint density at radius 3 is 2.75 bits per heavy atom. The lowest BCUT2D eigenvalue weighted by Gasteiger charge is -2.09. The van der Waals surface area contributed by atoms with Crippen molar-refractivity contribution < 1.29 is 4.74 Å². The average molecular weight is 267 g/mol. The number of ether oxygens (including phenoxy) is 1. The second-order valence-electron chi connectivity index (χ2n) is 4.27. The number of rotatable bonds is 2. The highest BCUT2D eigenvalue weighted by Gasteiger charge is 2.11. The number of methoxy groups -OCH3 is 1. The fourth-order valence-corrected chi connectivity index (χ4v) is 2.08. The fourth-order valence-electron chi connectivity index (χ4n) is 2.08. The molecule has 0 saturated heterocycles. The Labute approximate surface area is 115 Å². The molecular formula is C14H13N5O. The molecule has 0 bridgehead atoms. The van der Waals surface area contributed by atoms with Crippen LogP contribution in [0.5, 0.6) is 5.75 Å². The summed E-state index contributed by atoms with van der Waals surface area (Å²) in [7, 11) is 1.62. The van der Waals surface area contributed by atoms with Gasteiger partial charge in [-0.1, -0.05) is 0 Å². The van der Waals surface area contributed by atoms with E-state index < -0.39 is 0 Å². The molecular weight excluding hydrogens is 254 g/mol. The topological polar surface area (TPSA) is 99.9 Å². The Morgan fingerprint density at radius 1 is 1.10 bits per heavy atom. The highest BCUT2D eigenvalue weighted by molar-refractivity contribution is 5.96. The molecule has 6 nitrogen and oxygen atoms in total. The third-order valence-electron chi connectivity index (χ3n) is 3.04. The molecule has 4 N–H and O–H groups in total. The molecule has 0 unspecified atom stereocenters. The van der Waals surface area contributed by atoms with Crippen LogP contribution in [0.3, 0.4) is 0 Å². The van der Waals surface area contributed by atoms with Crippen molar-refractivity contribution in [3.63, 3.8) is 0 Å². The minimum absolute atomic E-state index is 0.188. The first-order valence-electron chi connectivity index (χ1n) is 6.00. The summed E-state index contributed by atoms with van der Waals surface area (Å²) in [6, 6.07) is 7.51. The molecule has 2 aromatic heterocycles. The second-order valence-corrected chi connectivity index (χ2v) is 4.27. The van der Waals surface area contributed by atoms with Crippen molar-refractivity contribution in [1.82, 2.24) is 15.0 Å². The van der Waals surface area contributed by atoms with Crippen LogP contribution in [0, 0.1) is 0 Å². The van der Waals surface area contributed by atoms with Crippen LogP contribution in [0.15, 0.2) is 36.7 Å². The molecule has 0 aliphatic rings. The van der Waals surface area contributed by atoms with Gasteiger partial charge in [0, 0.05) is 23.2 Å². The molecule has 3 aromatic rings. The van der Waals surface area contributed by atoms with Crippen molar-refractivity contribution in [3.8, 4) is 17.0 Å². The minimum Gasteiger partial charge on any atom is -0.497 e. The van der Waals surface area contributed by atoms with Gasteiger partial charge in [0.2, 0.25) is 5.95 Å². The standard InChI is InChI=1S/C14H13N5O/c1-20-8-2-3-9-10(4-5-17-12(9)6-8)13-11(15)7-18-14(16)19-13/h2-7H,15H2,1H3,(H2,16,18,19). The molecule has 0 atom stereocenters. The number of fused-ring (bicyclic) bond motifs is 1. The summed E-state index contributed by atoms with van der Waals surface area (Å²) in [6.45, 7) is 0. The lowest BCUT2D eigenvalue weighted by molar-refractivity contribution is 0.415. The van der Waals surface area contributed by atoms with Crippen molar-refractivity contribution in [2.45, 2.75) is 0 Å². The number of nitrogens with two attached hydrogens (primary N) is 2. The van der Waals surface area contributed by atoms with E-state index in [1.54, 1.807) is 13.3 Å². The molecule has 100 valence electrons. The second kappa shape index (κ2) is 4.65. The number of pyridine rings is 1. The summed E-state index contributed by atoms with van der Waals surface area (Å²) in [5, 5.41) is 0.929. The predicted molar refractivity (Wildman–Crippen MR) is 78.1 cm³/mol. The summed E-state index contributed by atoms with van der Waals surface area (Å²) < 4.78 is 5.20. The van der Waals surface area contributed by atoms with Gasteiger partial charge in [-0.2, -0.15) is 0 Å². The number of aromatic nitrogens is 3. The normalized spacial score (nSPS) is 10.7. The molecule has 0 radical (unpaired) electrons. The maximum absolute atomic E-state index is 5.94. The Bertz CT molecular complexity index is 788. The molecule has 3 rings (SSSR count). The summed E-state index contributed by atoms with van der Waals surface area (Å²) >= 11 is 0. The van der Waals surface area contributed by atoms with Crippen LogP contribution in [-0.4, -0.2) is 22.1 Å². The van der Waals surface area contributed by atoms with Gasteiger partial charge >= 0.3 is 0 Å². The summed E-state index contributed by atoms with van der Waals surface area (Å²) in [5.41, 5.74) is 14.3. The zero-order valence-corrected chi connectivity index (χ0v) is 10.9. The fraction of sp³-hybridized carbons (Fsp3) is 0.0714. The van der Waals surface area contributed by atoms with Gasteiger partial charge in [-0.05, 0) is 18.2 Å². The number of hydrogen-bond acceptors (Lipinski definition) is 6. The monoisotopic (exact) mass is 267 g/mol. The van der Waals surface area contributed by atoms with Crippen molar-refractivity contribution in [1.29, 1.82) is 0 Å². The van der Waals surface area contributed by atoms with Crippen LogP contribution in [0.25, 0.3) is 22.2 Å². The third-order valence-corrected chi connectivity index (χ3v) is 3.04. The van der Waals surface area contributed by atoms with E-state index in [-0.39, 0.29) is 5.95 Å². The van der Waals surface area contributed by atoms with E-state index in [9.17, 15) is 0 Å². The minimum atomic E-state index is 0.188. The van der Waals surface area contributed by atoms with Gasteiger partial charge in [0.25, 0.3) is 0 Å². The van der Waals surface area contributed by atoms with E-state index in [2.05, 4.69) is 15.0 Å². The molecule has 0 aliphatic carbocycles. The Balaban J connectivity index is 2.28. The first kappa shape index (κ1) is 12.2. The van der Waals surface area contributed by atoms with E-state index >= 15 is 0 Å². The van der Waals surface area contributed by atoms with Gasteiger partial charge in [0.15, 0.2) is 0 Å². The van der Waals surface area contributed by atoms with Crippen molar-refractivity contribution in [2.24, 2.45) is 0 Å². The maximum Gasteiger partial charge on any atom is 0.220 e.